The molecule has 3 aliphatic heterocycles. The number of rotatable bonds is 4. The highest BCUT2D eigenvalue weighted by Gasteiger charge is 2.44. The summed E-state index contributed by atoms with van der Waals surface area (Å²) < 4.78 is 71.0. The third kappa shape index (κ3) is 6.22. The van der Waals surface area contributed by atoms with Crippen LogP contribution < -0.4 is 21.3 Å². The van der Waals surface area contributed by atoms with Crippen LogP contribution >= 0.6 is 0 Å². The van der Waals surface area contributed by atoms with Gasteiger partial charge in [0.1, 0.15) is 0 Å². The summed E-state index contributed by atoms with van der Waals surface area (Å²) in [6.45, 7) is 3.20. The van der Waals surface area contributed by atoms with E-state index in [1.54, 1.807) is 13.8 Å². The molecule has 0 bridgehead atoms. The predicted octanol–water partition coefficient (Wildman–Crippen LogP) is -2.10. The van der Waals surface area contributed by atoms with Crippen molar-refractivity contribution in [2.75, 3.05) is 34.5 Å². The van der Waals surface area contributed by atoms with E-state index in [-0.39, 0.29) is 47.4 Å². The van der Waals surface area contributed by atoms with E-state index in [1.807, 2.05) is 0 Å². The van der Waals surface area contributed by atoms with Gasteiger partial charge in [-0.25, -0.2) is 34.8 Å². The van der Waals surface area contributed by atoms with Gasteiger partial charge in [0.15, 0.2) is 29.5 Å². The summed E-state index contributed by atoms with van der Waals surface area (Å²) in [5.41, 5.74) is -1.91. The number of urea groups is 2. The van der Waals surface area contributed by atoms with Gasteiger partial charge in [-0.15, -0.1) is 0 Å². The van der Waals surface area contributed by atoms with Gasteiger partial charge in [0.2, 0.25) is 0 Å². The Morgan fingerprint density at radius 3 is 1.32 bits per heavy atom. The van der Waals surface area contributed by atoms with Crippen LogP contribution in [0.15, 0.2) is 0 Å². The molecule has 0 aromatic heterocycles. The third-order valence-electron chi connectivity index (χ3n) is 5.82. The molecule has 0 aromatic rings. The molecule has 0 spiro atoms. The van der Waals surface area contributed by atoms with Gasteiger partial charge in [-0.05, 0) is 26.7 Å². The van der Waals surface area contributed by atoms with Crippen molar-refractivity contribution < 1.29 is 34.8 Å². The topological polar surface area (TPSA) is 185 Å². The van der Waals surface area contributed by atoms with Gasteiger partial charge < -0.3 is 21.3 Å². The maximum absolute atomic E-state index is 12.4. The van der Waals surface area contributed by atoms with Crippen LogP contribution in [0, 0.1) is 0 Å². The molecule has 4 atom stereocenters. The van der Waals surface area contributed by atoms with Crippen molar-refractivity contribution in [1.82, 2.24) is 21.3 Å². The smallest absolute Gasteiger partial charge is 0.315 e. The molecule has 178 valence electrons. The van der Waals surface area contributed by atoms with Gasteiger partial charge in [-0.3, -0.25) is 0 Å². The van der Waals surface area contributed by atoms with Gasteiger partial charge in [0.25, 0.3) is 0 Å². The lowest BCUT2D eigenvalue weighted by Gasteiger charge is -2.28. The summed E-state index contributed by atoms with van der Waals surface area (Å²) in [6, 6.07) is -3.28. The fraction of sp³-hybridized carbons (Fsp3) is 0.875. The van der Waals surface area contributed by atoms with Crippen molar-refractivity contribution in [1.29, 1.82) is 0 Å². The Kier molecular flexibility index (Phi) is 6.02. The van der Waals surface area contributed by atoms with Crippen LogP contribution in [0.4, 0.5) is 9.59 Å². The molecule has 4 amide bonds. The van der Waals surface area contributed by atoms with E-state index in [2.05, 4.69) is 21.3 Å². The van der Waals surface area contributed by atoms with Gasteiger partial charge >= 0.3 is 12.1 Å². The molecule has 4 N–H and O–H groups in total. The average molecular weight is 501 g/mol. The number of hydrogen-bond acceptors (Lipinski definition) is 8. The maximum atomic E-state index is 12.4. The van der Waals surface area contributed by atoms with Gasteiger partial charge in [0, 0.05) is 0 Å². The van der Waals surface area contributed by atoms with Crippen LogP contribution in [0.5, 0.6) is 0 Å². The Bertz CT molecular complexity index is 1010. The first-order valence-corrected chi connectivity index (χ1v) is 15.2. The largest absolute Gasteiger partial charge is 0.332 e. The molecule has 4 unspecified atom stereocenters. The Labute approximate surface area is 182 Å². The number of carbonyl (C=O) groups is 2. The van der Waals surface area contributed by atoms with Crippen LogP contribution in [-0.2, 0) is 29.5 Å². The zero-order valence-electron chi connectivity index (χ0n) is 17.3. The monoisotopic (exact) mass is 500 g/mol. The second-order valence-corrected chi connectivity index (χ2v) is 15.8. The Balaban J connectivity index is 1.61. The lowest BCUT2D eigenvalue weighted by atomic mass is 10.0. The van der Waals surface area contributed by atoms with Gasteiger partial charge in [-0.2, -0.15) is 0 Å². The van der Waals surface area contributed by atoms with E-state index in [1.165, 1.54) is 0 Å². The summed E-state index contributed by atoms with van der Waals surface area (Å²) in [5, 5.41) is 10.2. The van der Waals surface area contributed by atoms with Crippen molar-refractivity contribution >= 4 is 41.6 Å². The quantitative estimate of drug-likeness (QED) is 0.338. The van der Waals surface area contributed by atoms with E-state index in [9.17, 15) is 34.8 Å². The van der Waals surface area contributed by atoms with E-state index in [0.29, 0.717) is 0 Å². The van der Waals surface area contributed by atoms with Crippen molar-refractivity contribution in [2.24, 2.45) is 0 Å². The summed E-state index contributed by atoms with van der Waals surface area (Å²) in [7, 11) is -10.0. The molecular weight excluding hydrogens is 472 g/mol. The summed E-state index contributed by atoms with van der Waals surface area (Å²) >= 11 is 0. The second kappa shape index (κ2) is 7.76. The molecule has 3 fully saturated rings. The first-order valence-electron chi connectivity index (χ1n) is 9.78. The third-order valence-corrected chi connectivity index (χ3v) is 11.4. The molecular formula is C16H28N4O8S3. The van der Waals surface area contributed by atoms with Gasteiger partial charge in [0.05, 0.1) is 57.7 Å². The van der Waals surface area contributed by atoms with E-state index in [0.717, 1.165) is 0 Å². The Morgan fingerprint density at radius 1 is 0.677 bits per heavy atom. The second-order valence-electron chi connectivity index (χ2n) is 9.29. The fourth-order valence-corrected chi connectivity index (χ4v) is 10.4. The molecule has 0 saturated carbocycles. The van der Waals surface area contributed by atoms with E-state index >= 15 is 0 Å². The first-order chi connectivity index (χ1) is 14.0. The predicted molar refractivity (Wildman–Crippen MR) is 113 cm³/mol. The SMILES string of the molecule is CC1(NC(=O)NC2CS(=O)(=O)CC2NC(=O)NC2(C)CCS(=O)(=O)C2)CCS(=O)(=O)C1. The van der Waals surface area contributed by atoms with Crippen molar-refractivity contribution in [2.45, 2.75) is 49.9 Å². The molecule has 0 aliphatic carbocycles. The van der Waals surface area contributed by atoms with E-state index < -0.39 is 64.7 Å². The minimum atomic E-state index is -3.53. The van der Waals surface area contributed by atoms with Crippen LogP contribution in [-0.4, -0.2) is 95.0 Å². The average Bonchev–Trinajstić information content (AvgIpc) is 3.09. The van der Waals surface area contributed by atoms with Crippen molar-refractivity contribution in [3.63, 3.8) is 0 Å². The Hall–Kier alpha value is -1.61. The summed E-state index contributed by atoms with van der Waals surface area (Å²) in [6.07, 6.45) is 0.495. The normalized spacial score (nSPS) is 37.7. The lowest BCUT2D eigenvalue weighted by molar-refractivity contribution is 0.218. The summed E-state index contributed by atoms with van der Waals surface area (Å²) in [5.74, 6) is -1.26. The maximum Gasteiger partial charge on any atom is 0.315 e. The molecule has 3 rings (SSSR count). The molecule has 12 nitrogen and oxygen atoms in total. The zero-order chi connectivity index (χ0) is 23.3. The fourth-order valence-electron chi connectivity index (χ4n) is 4.31. The lowest BCUT2D eigenvalue weighted by Crippen LogP contribution is -2.60. The van der Waals surface area contributed by atoms with Crippen molar-refractivity contribution in [3.05, 3.63) is 0 Å². The molecule has 3 aliphatic rings. The molecule has 15 heteroatoms. The van der Waals surface area contributed by atoms with Crippen LogP contribution in [0.2, 0.25) is 0 Å². The minimum absolute atomic E-state index is 0.0412. The molecule has 3 heterocycles. The molecule has 3 saturated heterocycles. The molecule has 0 radical (unpaired) electrons. The Morgan fingerprint density at radius 2 is 1.03 bits per heavy atom. The molecule has 0 aromatic carbocycles. The number of nitrogens with one attached hydrogen (secondary N) is 4. The first kappa shape index (κ1) is 24.0. The highest BCUT2D eigenvalue weighted by atomic mass is 32.2. The van der Waals surface area contributed by atoms with E-state index in [4.69, 9.17) is 0 Å². The zero-order valence-corrected chi connectivity index (χ0v) is 19.8. The van der Waals surface area contributed by atoms with Crippen molar-refractivity contribution in [3.8, 4) is 0 Å². The molecule has 31 heavy (non-hydrogen) atoms. The highest BCUT2D eigenvalue weighted by Crippen LogP contribution is 2.24. The number of sulfone groups is 3. The number of amides is 4. The minimum Gasteiger partial charge on any atom is -0.332 e. The van der Waals surface area contributed by atoms with Crippen LogP contribution in [0.25, 0.3) is 0 Å². The number of carbonyl (C=O) groups excluding carboxylic acids is 2. The van der Waals surface area contributed by atoms with Gasteiger partial charge in [-0.1, -0.05) is 0 Å². The van der Waals surface area contributed by atoms with Crippen LogP contribution in [0.3, 0.4) is 0 Å². The standard InChI is InChI=1S/C16H28N4O8S3/c1-15(3-5-29(23,24)9-15)19-13(21)17-11-7-31(27,28)8-12(11)18-14(22)20-16(2)4-6-30(25,26)10-16/h11-12H,3-10H2,1-2H3,(H2,17,19,21)(H2,18,20,22). The number of hydrogen-bond donors (Lipinski definition) is 4. The van der Waals surface area contributed by atoms with Crippen LogP contribution in [0.1, 0.15) is 26.7 Å². The summed E-state index contributed by atoms with van der Waals surface area (Å²) in [4.78, 5) is 24.8. The highest BCUT2D eigenvalue weighted by molar-refractivity contribution is 7.92.